The number of amides is 1. The number of ether oxygens (including phenoxy) is 5. The number of likely N-dealkylation sites (N-methyl/N-ethyl adjacent to an activating group) is 1. The van der Waals surface area contributed by atoms with E-state index in [1.54, 1.807) is 52.1 Å². The normalized spacial score (nSPS) is 35.5. The average molecular weight is 842 g/mol. The first-order valence-electron chi connectivity index (χ1n) is 20.8. The summed E-state index contributed by atoms with van der Waals surface area (Å²) in [6, 6.07) is 4.97. The number of hydrogen-bond donors (Lipinski definition) is 3. The number of rotatable bonds is 10. The third-order valence-corrected chi connectivity index (χ3v) is 11.8. The van der Waals surface area contributed by atoms with Crippen molar-refractivity contribution in [2.75, 3.05) is 27.3 Å². The minimum absolute atomic E-state index is 0.0287. The first-order chi connectivity index (χ1) is 28.4. The fourth-order valence-corrected chi connectivity index (χ4v) is 8.12. The monoisotopic (exact) mass is 841 g/mol. The molecule has 1 amide bonds. The minimum Gasteiger partial charge on any atom is -0.459 e. The van der Waals surface area contributed by atoms with Crippen molar-refractivity contribution in [3.05, 3.63) is 47.9 Å². The van der Waals surface area contributed by atoms with E-state index >= 15 is 0 Å². The standard InChI is InChI=1S/C43H63N5O12/c1-11-34-43(8,53)35-18-31(46-36(49)12-2)24(3)19-42(7,55-23-29(22-54-35)47-56-21-28-13-14-30(44-20-28)33-15-16-45-60-33)39(26(5)37(50)27(6)40(52)58-34)59-41-38(51)32(48(9)10)17-25(4)57-41/h13-16,18,20,24-27,32,34-35,38-39,41,51,53H,11-12,17,19,21-23H2,1-10H3,(H,46,49)/t24-,25-,26+,27-,32+,34-,35-,38-,39-,41+,42-,43-/m1/s1. The van der Waals surface area contributed by atoms with Gasteiger partial charge in [-0.25, -0.2) is 0 Å². The van der Waals surface area contributed by atoms with Crippen molar-refractivity contribution in [3.63, 3.8) is 0 Å². The highest BCUT2D eigenvalue weighted by molar-refractivity contribution is 6.00. The zero-order valence-corrected chi connectivity index (χ0v) is 36.5. The number of carbonyl (C=O) groups excluding carboxylic acids is 3. The van der Waals surface area contributed by atoms with Crippen LogP contribution >= 0.6 is 0 Å². The lowest BCUT2D eigenvalue weighted by Crippen LogP contribution is -2.59. The van der Waals surface area contributed by atoms with E-state index in [0.29, 0.717) is 29.1 Å². The Bertz CT molecular complexity index is 1820. The number of Topliss-reactive ketones (excluding diaryl/α,β-unsaturated/α-hetero) is 1. The summed E-state index contributed by atoms with van der Waals surface area (Å²) >= 11 is 0. The molecule has 5 rings (SSSR count). The lowest BCUT2D eigenvalue weighted by molar-refractivity contribution is -0.296. The van der Waals surface area contributed by atoms with Gasteiger partial charge in [0.1, 0.15) is 47.8 Å². The molecule has 3 N–H and O–H groups in total. The molecule has 12 atom stereocenters. The van der Waals surface area contributed by atoms with Crippen LogP contribution in [0.15, 0.2) is 52.0 Å². The number of oxime groups is 1. The zero-order chi connectivity index (χ0) is 43.9. The third kappa shape index (κ3) is 11.0. The number of fused-ring (bicyclic) bond motifs is 4. The number of carbonyl (C=O) groups is 3. The molecule has 0 saturated carbocycles. The number of cyclic esters (lactones) is 1. The predicted octanol–water partition coefficient (Wildman–Crippen LogP) is 3.96. The number of esters is 1. The van der Waals surface area contributed by atoms with Gasteiger partial charge in [0.05, 0.1) is 37.2 Å². The molecule has 17 nitrogen and oxygen atoms in total. The summed E-state index contributed by atoms with van der Waals surface area (Å²) in [5, 5.41) is 35.1. The number of pyridine rings is 1. The smallest absolute Gasteiger partial charge is 0.316 e. The highest BCUT2D eigenvalue weighted by Crippen LogP contribution is 2.39. The van der Waals surface area contributed by atoms with Crippen LogP contribution < -0.4 is 5.32 Å². The van der Waals surface area contributed by atoms with Crippen LogP contribution in [0.5, 0.6) is 0 Å². The van der Waals surface area contributed by atoms with Gasteiger partial charge in [0.25, 0.3) is 0 Å². The Kier molecular flexibility index (Phi) is 15.8. The Balaban J connectivity index is 1.62. The third-order valence-electron chi connectivity index (χ3n) is 11.8. The lowest BCUT2D eigenvalue weighted by atomic mass is 9.77. The first kappa shape index (κ1) is 47.0. The van der Waals surface area contributed by atoms with E-state index in [4.69, 9.17) is 33.0 Å². The maximum Gasteiger partial charge on any atom is 0.316 e. The number of hydrogen-bond acceptors (Lipinski definition) is 16. The molecule has 2 aromatic rings. The fourth-order valence-electron chi connectivity index (χ4n) is 8.12. The van der Waals surface area contributed by atoms with Crippen molar-refractivity contribution < 1.29 is 57.6 Å². The van der Waals surface area contributed by atoms with E-state index in [-0.39, 0.29) is 62.8 Å². The van der Waals surface area contributed by atoms with E-state index in [1.165, 1.54) is 20.0 Å². The Morgan fingerprint density at radius 3 is 2.48 bits per heavy atom. The molecular formula is C43H63N5O12. The number of allylic oxidation sites excluding steroid dienone is 1. The van der Waals surface area contributed by atoms with Crippen molar-refractivity contribution in [1.82, 2.24) is 20.4 Å². The average Bonchev–Trinajstić information content (AvgIpc) is 3.76. The van der Waals surface area contributed by atoms with Crippen LogP contribution in [0.25, 0.3) is 11.5 Å². The highest BCUT2D eigenvalue weighted by Gasteiger charge is 2.51. The lowest BCUT2D eigenvalue weighted by Gasteiger charge is -2.47. The van der Waals surface area contributed by atoms with Crippen LogP contribution in [0.2, 0.25) is 0 Å². The molecule has 17 heteroatoms. The maximum absolute atomic E-state index is 14.5. The molecule has 2 aromatic heterocycles. The molecule has 0 spiro atoms. The SMILES string of the molecule is CCC(=O)NC1=C[C@H]2OCC(=NOCc3ccc(-c4ccno4)nc3)CO[C@](C)(C[C@H]1C)[C@H](O[C@@H]1O[C@H](C)C[C@H](N(C)C)[C@H]1O)[C@@H](C)C(=O)[C@@H](C)C(=O)O[C@H](CC)[C@@]2(C)O. The van der Waals surface area contributed by atoms with Crippen molar-refractivity contribution in [2.45, 2.75) is 142 Å². The van der Waals surface area contributed by atoms with Crippen molar-refractivity contribution >= 4 is 23.4 Å². The molecule has 5 heterocycles. The summed E-state index contributed by atoms with van der Waals surface area (Å²) in [5.41, 5.74) is -1.27. The van der Waals surface area contributed by atoms with E-state index < -0.39 is 71.4 Å². The zero-order valence-electron chi connectivity index (χ0n) is 36.5. The van der Waals surface area contributed by atoms with Crippen molar-refractivity contribution in [2.24, 2.45) is 22.9 Å². The van der Waals surface area contributed by atoms with Gasteiger partial charge in [0.2, 0.25) is 5.91 Å². The molecule has 0 aromatic carbocycles. The molecular weight excluding hydrogens is 778 g/mol. The van der Waals surface area contributed by atoms with Gasteiger partial charge in [-0.3, -0.25) is 19.4 Å². The first-order valence-corrected chi connectivity index (χ1v) is 20.8. The molecule has 332 valence electrons. The summed E-state index contributed by atoms with van der Waals surface area (Å²) < 4.78 is 37.5. The second-order valence-electron chi connectivity index (χ2n) is 16.9. The van der Waals surface area contributed by atoms with Crippen LogP contribution in [0, 0.1) is 17.8 Å². The number of nitrogens with zero attached hydrogens (tertiary/aromatic N) is 4. The Hall–Kier alpha value is -4.10. The quantitative estimate of drug-likeness (QED) is 0.176. The molecule has 2 bridgehead atoms. The molecule has 1 saturated heterocycles. The van der Waals surface area contributed by atoms with E-state index in [9.17, 15) is 24.6 Å². The summed E-state index contributed by atoms with van der Waals surface area (Å²) in [5.74, 6) is -3.91. The number of ketones is 1. The molecule has 0 unspecified atom stereocenters. The Labute approximate surface area is 352 Å². The topological polar surface area (TPSA) is 214 Å². The molecule has 3 aliphatic rings. The molecule has 0 radical (unpaired) electrons. The minimum atomic E-state index is -1.87. The molecule has 0 aliphatic carbocycles. The van der Waals surface area contributed by atoms with Crippen molar-refractivity contribution in [1.29, 1.82) is 0 Å². The highest BCUT2D eigenvalue weighted by atomic mass is 16.7. The van der Waals surface area contributed by atoms with Crippen LogP contribution in [0.4, 0.5) is 0 Å². The Morgan fingerprint density at radius 1 is 1.10 bits per heavy atom. The largest absolute Gasteiger partial charge is 0.459 e. The van der Waals surface area contributed by atoms with Gasteiger partial charge in [-0.2, -0.15) is 0 Å². The maximum atomic E-state index is 14.5. The van der Waals surface area contributed by atoms with Crippen molar-refractivity contribution in [3.8, 4) is 11.5 Å². The van der Waals surface area contributed by atoms with Gasteiger partial charge in [-0.15, -0.1) is 0 Å². The van der Waals surface area contributed by atoms with E-state index in [2.05, 4.69) is 20.6 Å². The van der Waals surface area contributed by atoms with Gasteiger partial charge >= 0.3 is 5.97 Å². The van der Waals surface area contributed by atoms with Crippen LogP contribution in [0.1, 0.15) is 86.6 Å². The molecule has 3 aliphatic heterocycles. The second kappa shape index (κ2) is 20.2. The van der Waals surface area contributed by atoms with Gasteiger partial charge < -0.3 is 53.5 Å². The summed E-state index contributed by atoms with van der Waals surface area (Å²) in [4.78, 5) is 53.6. The fraction of sp³-hybridized carbons (Fsp3) is 0.674. The van der Waals surface area contributed by atoms with Gasteiger partial charge in [0.15, 0.2) is 17.8 Å². The predicted molar refractivity (Wildman–Crippen MR) is 218 cm³/mol. The number of aliphatic hydroxyl groups excluding tert-OH is 1. The number of nitrogens with one attached hydrogen (secondary N) is 1. The molecule has 1 fully saturated rings. The number of aliphatic hydroxyl groups is 2. The summed E-state index contributed by atoms with van der Waals surface area (Å²) in [6.07, 6.45) is -0.244. The van der Waals surface area contributed by atoms with E-state index in [0.717, 1.165) is 0 Å². The Morgan fingerprint density at radius 2 is 1.85 bits per heavy atom. The van der Waals surface area contributed by atoms with Gasteiger partial charge in [-0.05, 0) is 79.1 Å². The molecule has 60 heavy (non-hydrogen) atoms. The van der Waals surface area contributed by atoms with Crippen LogP contribution in [-0.4, -0.2) is 130 Å². The van der Waals surface area contributed by atoms with Gasteiger partial charge in [0, 0.05) is 41.9 Å². The van der Waals surface area contributed by atoms with E-state index in [1.807, 2.05) is 38.9 Å². The van der Waals surface area contributed by atoms with Crippen LogP contribution in [-0.2, 0) is 49.5 Å². The summed E-state index contributed by atoms with van der Waals surface area (Å²) in [6.45, 7) is 13.2. The number of aromatic nitrogens is 2. The summed E-state index contributed by atoms with van der Waals surface area (Å²) in [7, 11) is 3.73. The second-order valence-corrected chi connectivity index (χ2v) is 16.9. The van der Waals surface area contributed by atoms with Gasteiger partial charge in [-0.1, -0.05) is 44.1 Å². The van der Waals surface area contributed by atoms with Crippen LogP contribution in [0.3, 0.4) is 0 Å².